The summed E-state index contributed by atoms with van der Waals surface area (Å²) in [7, 11) is 0. The van der Waals surface area contributed by atoms with Crippen LogP contribution in [0.1, 0.15) is 72.1 Å². The van der Waals surface area contributed by atoms with Gasteiger partial charge in [-0.3, -0.25) is 9.59 Å². The van der Waals surface area contributed by atoms with Crippen molar-refractivity contribution < 1.29 is 9.59 Å². The molecule has 122 valence electrons. The maximum Gasteiger partial charge on any atom is 0.139 e. The molecule has 0 bridgehead atoms. The number of Topliss-reactive ketones (excluding diaryl/α,β-unsaturated/α-hetero) is 2. The number of rotatable bonds is 0. The van der Waals surface area contributed by atoms with E-state index in [1.807, 2.05) is 0 Å². The van der Waals surface area contributed by atoms with Crippen LogP contribution in [-0.4, -0.2) is 11.6 Å². The van der Waals surface area contributed by atoms with E-state index in [1.54, 1.807) is 0 Å². The van der Waals surface area contributed by atoms with Crippen molar-refractivity contribution in [1.29, 1.82) is 0 Å². The molecule has 0 aliphatic heterocycles. The van der Waals surface area contributed by atoms with Gasteiger partial charge in [0.15, 0.2) is 0 Å². The fraction of sp³-hybridized carbons (Fsp3) is 0.900. The molecule has 0 N–H and O–H groups in total. The van der Waals surface area contributed by atoms with Crippen molar-refractivity contribution in [2.24, 2.45) is 40.4 Å². The van der Waals surface area contributed by atoms with E-state index >= 15 is 0 Å². The largest absolute Gasteiger partial charge is 0.300 e. The molecule has 0 aromatic rings. The van der Waals surface area contributed by atoms with Gasteiger partial charge in [0, 0.05) is 24.7 Å². The number of hydrogen-bond donors (Lipinski definition) is 0. The third-order valence-corrected chi connectivity index (χ3v) is 8.49. The highest BCUT2D eigenvalue weighted by Gasteiger charge is 2.61. The molecule has 0 saturated heterocycles. The average molecular weight is 302 g/mol. The molecule has 4 fully saturated rings. The topological polar surface area (TPSA) is 34.1 Å². The second-order valence-corrected chi connectivity index (χ2v) is 9.38. The van der Waals surface area contributed by atoms with Gasteiger partial charge in [0.25, 0.3) is 0 Å². The Morgan fingerprint density at radius 3 is 2.55 bits per heavy atom. The summed E-state index contributed by atoms with van der Waals surface area (Å²) in [6.45, 7) is 7.05. The van der Waals surface area contributed by atoms with Gasteiger partial charge in [-0.15, -0.1) is 0 Å². The number of carbonyl (C=O) groups is 2. The molecule has 4 rings (SSSR count). The molecular weight excluding hydrogens is 272 g/mol. The van der Waals surface area contributed by atoms with E-state index in [4.69, 9.17) is 0 Å². The van der Waals surface area contributed by atoms with Gasteiger partial charge in [-0.05, 0) is 67.1 Å². The Morgan fingerprint density at radius 1 is 1.00 bits per heavy atom. The standard InChI is InChI=1S/C20H30O2/c1-12-10-17(22)20(3)9-7-16-15(18(12)20)5-4-13-11-14(21)6-8-19(13,16)2/h12-13,15-16,18H,4-11H2,1-3H3/t12?,13?,15-,16-,18+,19+,20-/m1/s1. The zero-order valence-electron chi connectivity index (χ0n) is 14.4. The van der Waals surface area contributed by atoms with Crippen LogP contribution >= 0.6 is 0 Å². The molecule has 22 heavy (non-hydrogen) atoms. The minimum absolute atomic E-state index is 0.0335. The SMILES string of the molecule is CC1CC(=O)[C@@]2(C)CC[C@@H]3[C@@H](CCC4CC(=O)CC[C@@]43C)[C@H]12. The van der Waals surface area contributed by atoms with Crippen LogP contribution in [0.4, 0.5) is 0 Å². The second kappa shape index (κ2) is 4.68. The van der Waals surface area contributed by atoms with Crippen molar-refractivity contribution in [3.63, 3.8) is 0 Å². The Labute approximate surface area is 134 Å². The highest BCUT2D eigenvalue weighted by atomic mass is 16.1. The Balaban J connectivity index is 1.68. The quantitative estimate of drug-likeness (QED) is 0.664. The molecule has 2 unspecified atom stereocenters. The lowest BCUT2D eigenvalue weighted by molar-refractivity contribution is -0.145. The Kier molecular flexibility index (Phi) is 3.17. The Morgan fingerprint density at radius 2 is 1.77 bits per heavy atom. The summed E-state index contributed by atoms with van der Waals surface area (Å²) in [4.78, 5) is 24.5. The van der Waals surface area contributed by atoms with E-state index in [-0.39, 0.29) is 5.41 Å². The van der Waals surface area contributed by atoms with Crippen molar-refractivity contribution >= 4 is 11.6 Å². The highest BCUT2D eigenvalue weighted by Crippen LogP contribution is 2.66. The van der Waals surface area contributed by atoms with E-state index in [0.717, 1.165) is 43.9 Å². The van der Waals surface area contributed by atoms with Gasteiger partial charge in [-0.25, -0.2) is 0 Å². The molecule has 4 aliphatic rings. The summed E-state index contributed by atoms with van der Waals surface area (Å²) in [6, 6.07) is 0. The highest BCUT2D eigenvalue weighted by molar-refractivity contribution is 5.87. The van der Waals surface area contributed by atoms with Crippen LogP contribution in [-0.2, 0) is 9.59 Å². The second-order valence-electron chi connectivity index (χ2n) is 9.38. The van der Waals surface area contributed by atoms with Gasteiger partial charge in [0.2, 0.25) is 0 Å². The molecular formula is C20H30O2. The van der Waals surface area contributed by atoms with Gasteiger partial charge in [-0.1, -0.05) is 20.8 Å². The lowest BCUT2D eigenvalue weighted by atomic mass is 9.44. The fourth-order valence-corrected chi connectivity index (χ4v) is 7.32. The summed E-state index contributed by atoms with van der Waals surface area (Å²) in [5.41, 5.74) is 0.331. The van der Waals surface area contributed by atoms with E-state index < -0.39 is 0 Å². The normalized spacial score (nSPS) is 54.6. The van der Waals surface area contributed by atoms with Crippen LogP contribution in [0.2, 0.25) is 0 Å². The number of fused-ring (bicyclic) bond motifs is 5. The number of hydrogen-bond acceptors (Lipinski definition) is 2. The van der Waals surface area contributed by atoms with Crippen molar-refractivity contribution in [3.05, 3.63) is 0 Å². The fourth-order valence-electron chi connectivity index (χ4n) is 7.32. The van der Waals surface area contributed by atoms with Crippen LogP contribution in [0, 0.1) is 40.4 Å². The van der Waals surface area contributed by atoms with Crippen molar-refractivity contribution in [2.75, 3.05) is 0 Å². The zero-order valence-corrected chi connectivity index (χ0v) is 14.4. The van der Waals surface area contributed by atoms with Crippen LogP contribution in [0.5, 0.6) is 0 Å². The first-order valence-corrected chi connectivity index (χ1v) is 9.41. The monoisotopic (exact) mass is 302 g/mol. The number of ketones is 2. The molecule has 4 aliphatic carbocycles. The maximum atomic E-state index is 12.6. The van der Waals surface area contributed by atoms with E-state index in [2.05, 4.69) is 20.8 Å². The first kappa shape index (κ1) is 14.9. The molecule has 0 aromatic heterocycles. The predicted octanol–water partition coefficient (Wildman–Crippen LogP) is 4.41. The molecule has 7 atom stereocenters. The summed E-state index contributed by atoms with van der Waals surface area (Å²) in [5, 5.41) is 0. The van der Waals surface area contributed by atoms with Gasteiger partial charge < -0.3 is 0 Å². The lowest BCUT2D eigenvalue weighted by Crippen LogP contribution is -2.54. The molecule has 2 nitrogen and oxygen atoms in total. The molecule has 0 aromatic carbocycles. The molecule has 0 radical (unpaired) electrons. The third kappa shape index (κ3) is 1.79. The molecule has 0 heterocycles. The molecule has 0 spiro atoms. The van der Waals surface area contributed by atoms with Crippen LogP contribution < -0.4 is 0 Å². The predicted molar refractivity (Wildman–Crippen MR) is 86.3 cm³/mol. The van der Waals surface area contributed by atoms with Gasteiger partial charge in [0.05, 0.1) is 0 Å². The van der Waals surface area contributed by atoms with E-state index in [1.165, 1.54) is 19.3 Å². The Bertz CT molecular complexity index is 524. The smallest absolute Gasteiger partial charge is 0.139 e. The third-order valence-electron chi connectivity index (χ3n) is 8.49. The van der Waals surface area contributed by atoms with Gasteiger partial charge in [-0.2, -0.15) is 0 Å². The van der Waals surface area contributed by atoms with E-state index in [9.17, 15) is 9.59 Å². The van der Waals surface area contributed by atoms with Crippen molar-refractivity contribution in [1.82, 2.24) is 0 Å². The molecule has 0 amide bonds. The minimum atomic E-state index is -0.0335. The summed E-state index contributed by atoms with van der Waals surface area (Å²) in [6.07, 6.45) is 8.33. The Hall–Kier alpha value is -0.660. The summed E-state index contributed by atoms with van der Waals surface area (Å²) >= 11 is 0. The van der Waals surface area contributed by atoms with E-state index in [0.29, 0.717) is 34.7 Å². The summed E-state index contributed by atoms with van der Waals surface area (Å²) in [5.74, 6) is 4.30. The molecule has 2 heteroatoms. The van der Waals surface area contributed by atoms with Crippen molar-refractivity contribution in [3.8, 4) is 0 Å². The maximum absolute atomic E-state index is 12.6. The van der Waals surface area contributed by atoms with Gasteiger partial charge >= 0.3 is 0 Å². The van der Waals surface area contributed by atoms with Gasteiger partial charge in [0.1, 0.15) is 11.6 Å². The number of carbonyl (C=O) groups excluding carboxylic acids is 2. The van der Waals surface area contributed by atoms with Crippen LogP contribution in [0.3, 0.4) is 0 Å². The van der Waals surface area contributed by atoms with Crippen LogP contribution in [0.15, 0.2) is 0 Å². The van der Waals surface area contributed by atoms with Crippen LogP contribution in [0.25, 0.3) is 0 Å². The average Bonchev–Trinajstić information content (AvgIpc) is 2.70. The minimum Gasteiger partial charge on any atom is -0.300 e. The summed E-state index contributed by atoms with van der Waals surface area (Å²) < 4.78 is 0. The van der Waals surface area contributed by atoms with Crippen molar-refractivity contribution in [2.45, 2.75) is 72.1 Å². The zero-order chi connectivity index (χ0) is 15.7. The first-order chi connectivity index (χ1) is 10.4. The first-order valence-electron chi connectivity index (χ1n) is 9.41. The molecule has 4 saturated carbocycles. The lowest BCUT2D eigenvalue weighted by Gasteiger charge is -2.59.